The molecule has 0 saturated heterocycles. The fraction of sp³-hybridized carbons (Fsp3) is 0.267. The molecular weight excluding hydrogens is 279 g/mol. The van der Waals surface area contributed by atoms with E-state index < -0.39 is 0 Å². The molecule has 1 aromatic heterocycles. The zero-order valence-corrected chi connectivity index (χ0v) is 12.7. The molecule has 0 aliphatic heterocycles. The van der Waals surface area contributed by atoms with Crippen molar-refractivity contribution in [1.29, 1.82) is 0 Å². The maximum atomic E-state index is 6.14. The van der Waals surface area contributed by atoms with Crippen LogP contribution >= 0.6 is 23.2 Å². The van der Waals surface area contributed by atoms with Gasteiger partial charge in [-0.05, 0) is 38.0 Å². The number of hydrogen-bond donors (Lipinski definition) is 1. The number of halogens is 2. The number of hydrogen-bond acceptors (Lipinski definition) is 2. The molecule has 0 amide bonds. The van der Waals surface area contributed by atoms with Gasteiger partial charge in [-0.1, -0.05) is 53.0 Å². The van der Waals surface area contributed by atoms with E-state index >= 15 is 0 Å². The van der Waals surface area contributed by atoms with Gasteiger partial charge in [-0.2, -0.15) is 0 Å². The number of aromatic nitrogens is 1. The Balaban J connectivity index is 2.26. The normalized spacial score (nSPS) is 12.3. The van der Waals surface area contributed by atoms with Crippen LogP contribution in [0.3, 0.4) is 0 Å². The second kappa shape index (κ2) is 5.81. The Morgan fingerprint density at radius 3 is 2.53 bits per heavy atom. The monoisotopic (exact) mass is 294 g/mol. The summed E-state index contributed by atoms with van der Waals surface area (Å²) in [5, 5.41) is 4.22. The Kier molecular flexibility index (Phi) is 4.33. The summed E-state index contributed by atoms with van der Waals surface area (Å²) in [6.07, 6.45) is 0. The summed E-state index contributed by atoms with van der Waals surface area (Å²) in [4.78, 5) is 4.07. The van der Waals surface area contributed by atoms with Crippen LogP contribution < -0.4 is 5.32 Å². The molecule has 0 fully saturated rings. The third kappa shape index (κ3) is 3.40. The van der Waals surface area contributed by atoms with Crippen LogP contribution in [-0.2, 0) is 0 Å². The number of benzene rings is 1. The van der Waals surface area contributed by atoms with Crippen LogP contribution in [0.25, 0.3) is 0 Å². The van der Waals surface area contributed by atoms with Gasteiger partial charge in [0, 0.05) is 6.04 Å². The fourth-order valence-electron chi connectivity index (χ4n) is 2.01. The number of aryl methyl sites for hydroxylation is 2. The van der Waals surface area contributed by atoms with Crippen molar-refractivity contribution in [2.45, 2.75) is 26.8 Å². The molecule has 19 heavy (non-hydrogen) atoms. The highest BCUT2D eigenvalue weighted by molar-refractivity contribution is 6.34. The quantitative estimate of drug-likeness (QED) is 0.789. The molecule has 2 aromatic rings. The Hall–Kier alpha value is -1.25. The molecule has 0 bridgehead atoms. The molecular formula is C15H16Cl2N2. The first-order valence-electron chi connectivity index (χ1n) is 6.13. The van der Waals surface area contributed by atoms with E-state index in [1.165, 1.54) is 11.1 Å². The summed E-state index contributed by atoms with van der Waals surface area (Å²) in [6, 6.07) is 10.3. The molecule has 100 valence electrons. The van der Waals surface area contributed by atoms with Crippen LogP contribution in [0.5, 0.6) is 0 Å². The smallest absolute Gasteiger partial charge is 0.154 e. The third-order valence-electron chi connectivity index (χ3n) is 3.04. The second-order valence-electron chi connectivity index (χ2n) is 4.71. The van der Waals surface area contributed by atoms with E-state index in [2.05, 4.69) is 48.4 Å². The van der Waals surface area contributed by atoms with Crippen molar-refractivity contribution in [1.82, 2.24) is 4.98 Å². The van der Waals surface area contributed by atoms with Gasteiger partial charge in [-0.15, -0.1) is 0 Å². The van der Waals surface area contributed by atoms with Gasteiger partial charge in [0.05, 0.1) is 5.69 Å². The average molecular weight is 295 g/mol. The summed E-state index contributed by atoms with van der Waals surface area (Å²) in [6.45, 7) is 6.14. The number of nitrogens with one attached hydrogen (secondary N) is 1. The van der Waals surface area contributed by atoms with E-state index in [4.69, 9.17) is 23.2 Å². The van der Waals surface area contributed by atoms with Crippen molar-refractivity contribution < 1.29 is 0 Å². The molecule has 4 heteroatoms. The van der Waals surface area contributed by atoms with Gasteiger partial charge in [-0.3, -0.25) is 0 Å². The summed E-state index contributed by atoms with van der Waals surface area (Å²) in [5.41, 5.74) is 4.28. The molecule has 1 aromatic carbocycles. The summed E-state index contributed by atoms with van der Waals surface area (Å²) >= 11 is 12.0. The fourth-order valence-corrected chi connectivity index (χ4v) is 2.59. The first kappa shape index (κ1) is 14.2. The first-order chi connectivity index (χ1) is 8.97. The zero-order valence-electron chi connectivity index (χ0n) is 11.2. The largest absolute Gasteiger partial charge is 0.376 e. The van der Waals surface area contributed by atoms with Crippen molar-refractivity contribution in [3.63, 3.8) is 0 Å². The molecule has 1 N–H and O–H groups in total. The van der Waals surface area contributed by atoms with Gasteiger partial charge < -0.3 is 5.32 Å². The van der Waals surface area contributed by atoms with Crippen LogP contribution in [0.4, 0.5) is 5.69 Å². The lowest BCUT2D eigenvalue weighted by molar-refractivity contribution is 0.878. The van der Waals surface area contributed by atoms with E-state index in [-0.39, 0.29) is 6.04 Å². The molecule has 2 nitrogen and oxygen atoms in total. The highest BCUT2D eigenvalue weighted by Crippen LogP contribution is 2.30. The molecule has 1 unspecified atom stereocenters. The van der Waals surface area contributed by atoms with Gasteiger partial charge in [0.2, 0.25) is 0 Å². The number of anilines is 1. The Bertz CT molecular complexity index is 573. The maximum Gasteiger partial charge on any atom is 0.154 e. The number of rotatable bonds is 3. The van der Waals surface area contributed by atoms with Gasteiger partial charge in [0.15, 0.2) is 5.15 Å². The van der Waals surface area contributed by atoms with Gasteiger partial charge in [0.25, 0.3) is 0 Å². The predicted molar refractivity (Wildman–Crippen MR) is 82.2 cm³/mol. The topological polar surface area (TPSA) is 24.9 Å². The Morgan fingerprint density at radius 2 is 1.89 bits per heavy atom. The Morgan fingerprint density at radius 1 is 1.16 bits per heavy atom. The lowest BCUT2D eigenvalue weighted by Gasteiger charge is -2.18. The minimum Gasteiger partial charge on any atom is -0.376 e. The van der Waals surface area contributed by atoms with Gasteiger partial charge in [0.1, 0.15) is 5.15 Å². The van der Waals surface area contributed by atoms with Crippen molar-refractivity contribution in [2.24, 2.45) is 0 Å². The van der Waals surface area contributed by atoms with Crippen LogP contribution in [0.2, 0.25) is 10.3 Å². The second-order valence-corrected chi connectivity index (χ2v) is 5.45. The highest BCUT2D eigenvalue weighted by atomic mass is 35.5. The lowest BCUT2D eigenvalue weighted by Crippen LogP contribution is -2.09. The Labute approximate surface area is 123 Å². The van der Waals surface area contributed by atoms with Crippen molar-refractivity contribution in [3.05, 3.63) is 57.3 Å². The highest BCUT2D eigenvalue weighted by Gasteiger charge is 2.12. The summed E-state index contributed by atoms with van der Waals surface area (Å²) in [7, 11) is 0. The number of nitrogens with zero attached hydrogens (tertiary/aromatic N) is 1. The van der Waals surface area contributed by atoms with Crippen LogP contribution in [0.1, 0.15) is 29.7 Å². The molecule has 0 spiro atoms. The van der Waals surface area contributed by atoms with Gasteiger partial charge >= 0.3 is 0 Å². The summed E-state index contributed by atoms with van der Waals surface area (Å²) < 4.78 is 0. The van der Waals surface area contributed by atoms with Crippen molar-refractivity contribution >= 4 is 28.9 Å². The van der Waals surface area contributed by atoms with E-state index in [1.807, 2.05) is 6.92 Å². The van der Waals surface area contributed by atoms with Crippen LogP contribution in [0, 0.1) is 13.8 Å². The lowest BCUT2D eigenvalue weighted by atomic mass is 10.1. The summed E-state index contributed by atoms with van der Waals surface area (Å²) in [5.74, 6) is 0. The number of pyridine rings is 1. The SMILES string of the molecule is Cc1cccc(C(C)Nc2c(C)cc(Cl)nc2Cl)c1. The molecule has 0 aliphatic carbocycles. The van der Waals surface area contributed by atoms with Gasteiger partial charge in [-0.25, -0.2) is 4.98 Å². The molecule has 0 radical (unpaired) electrons. The average Bonchev–Trinajstić information content (AvgIpc) is 2.33. The third-order valence-corrected chi connectivity index (χ3v) is 3.51. The van der Waals surface area contributed by atoms with E-state index in [0.29, 0.717) is 10.3 Å². The van der Waals surface area contributed by atoms with E-state index in [9.17, 15) is 0 Å². The molecule has 2 rings (SSSR count). The minimum atomic E-state index is 0.152. The minimum absolute atomic E-state index is 0.152. The molecule has 1 atom stereocenters. The van der Waals surface area contributed by atoms with Crippen LogP contribution in [-0.4, -0.2) is 4.98 Å². The van der Waals surface area contributed by atoms with E-state index in [1.54, 1.807) is 6.07 Å². The predicted octanol–water partition coefficient (Wildman–Crippen LogP) is 5.18. The standard InChI is InChI=1S/C15H16Cl2N2/c1-9-5-4-6-12(7-9)11(3)18-14-10(2)8-13(16)19-15(14)17/h4-8,11,18H,1-3H3. The van der Waals surface area contributed by atoms with Crippen molar-refractivity contribution in [3.8, 4) is 0 Å². The molecule has 1 heterocycles. The molecule has 0 saturated carbocycles. The molecule has 0 aliphatic rings. The van der Waals surface area contributed by atoms with Crippen LogP contribution in [0.15, 0.2) is 30.3 Å². The zero-order chi connectivity index (χ0) is 14.0. The first-order valence-corrected chi connectivity index (χ1v) is 6.88. The van der Waals surface area contributed by atoms with E-state index in [0.717, 1.165) is 11.3 Å². The maximum absolute atomic E-state index is 6.14. The van der Waals surface area contributed by atoms with Crippen molar-refractivity contribution in [2.75, 3.05) is 5.32 Å².